The lowest BCUT2D eigenvalue weighted by atomic mass is 9.98. The summed E-state index contributed by atoms with van der Waals surface area (Å²) in [6.07, 6.45) is 6.76. The third kappa shape index (κ3) is 3.45. The first-order chi connectivity index (χ1) is 11.5. The third-order valence-electron chi connectivity index (χ3n) is 4.23. The van der Waals surface area contributed by atoms with Crippen molar-refractivity contribution < 1.29 is 14.5 Å². The van der Waals surface area contributed by atoms with Crippen LogP contribution in [0, 0.1) is 10.1 Å². The van der Waals surface area contributed by atoms with E-state index in [0.29, 0.717) is 16.8 Å². The van der Waals surface area contributed by atoms with E-state index in [1.165, 1.54) is 18.6 Å². The molecule has 0 bridgehead atoms. The fourth-order valence-corrected chi connectivity index (χ4v) is 2.99. The predicted molar refractivity (Wildman–Crippen MR) is 87.6 cm³/mol. The van der Waals surface area contributed by atoms with Crippen molar-refractivity contribution in [2.24, 2.45) is 7.05 Å². The van der Waals surface area contributed by atoms with Gasteiger partial charge in [-0.2, -0.15) is 5.10 Å². The van der Waals surface area contributed by atoms with E-state index in [0.717, 1.165) is 25.7 Å². The number of non-ortho nitro benzene ring substituents is 1. The van der Waals surface area contributed by atoms with Crippen LogP contribution in [0.3, 0.4) is 0 Å². The fourth-order valence-electron chi connectivity index (χ4n) is 2.99. The summed E-state index contributed by atoms with van der Waals surface area (Å²) in [6.45, 7) is 0. The summed E-state index contributed by atoms with van der Waals surface area (Å²) in [5, 5.41) is 15.1. The number of nitro groups is 1. The molecule has 0 saturated heterocycles. The molecule has 126 valence electrons. The number of nitro benzene ring substituents is 1. The van der Waals surface area contributed by atoms with E-state index in [-0.39, 0.29) is 17.8 Å². The normalized spacial score (nSPS) is 15.2. The molecule has 0 spiro atoms. The van der Waals surface area contributed by atoms with Crippen LogP contribution in [0.4, 0.5) is 5.69 Å². The molecule has 1 saturated carbocycles. The number of carbonyl (C=O) groups excluding carboxylic acids is 1. The Morgan fingerprint density at radius 1 is 1.25 bits per heavy atom. The van der Waals surface area contributed by atoms with Gasteiger partial charge >= 0.3 is 5.97 Å². The molecular weight excluding hydrogens is 310 g/mol. The average molecular weight is 329 g/mol. The summed E-state index contributed by atoms with van der Waals surface area (Å²) in [5.74, 6) is -0.386. The van der Waals surface area contributed by atoms with Gasteiger partial charge in [-0.25, -0.2) is 4.79 Å². The Labute approximate surface area is 139 Å². The number of aromatic nitrogens is 2. The van der Waals surface area contributed by atoms with Crippen LogP contribution in [0.1, 0.15) is 42.5 Å². The Morgan fingerprint density at radius 2 is 1.92 bits per heavy atom. The highest BCUT2D eigenvalue weighted by Gasteiger charge is 2.23. The van der Waals surface area contributed by atoms with Gasteiger partial charge in [0.05, 0.1) is 4.92 Å². The van der Waals surface area contributed by atoms with Gasteiger partial charge in [0.1, 0.15) is 17.4 Å². The van der Waals surface area contributed by atoms with Gasteiger partial charge in [0.15, 0.2) is 0 Å². The van der Waals surface area contributed by atoms with E-state index in [9.17, 15) is 14.9 Å². The Bertz CT molecular complexity index is 746. The largest absolute Gasteiger partial charge is 0.459 e. The van der Waals surface area contributed by atoms with Gasteiger partial charge in [-0.05, 0) is 37.8 Å². The number of hydrogen-bond acceptors (Lipinski definition) is 5. The second-order valence-corrected chi connectivity index (χ2v) is 6.03. The van der Waals surface area contributed by atoms with Gasteiger partial charge in [-0.1, -0.05) is 6.42 Å². The van der Waals surface area contributed by atoms with E-state index in [1.54, 1.807) is 30.1 Å². The van der Waals surface area contributed by atoms with E-state index in [1.807, 2.05) is 0 Å². The van der Waals surface area contributed by atoms with Crippen molar-refractivity contribution in [3.63, 3.8) is 0 Å². The maximum atomic E-state index is 12.5. The van der Waals surface area contributed by atoms with Gasteiger partial charge in [0, 0.05) is 30.9 Å². The van der Waals surface area contributed by atoms with Gasteiger partial charge < -0.3 is 4.74 Å². The highest BCUT2D eigenvalue weighted by Crippen LogP contribution is 2.27. The second kappa shape index (κ2) is 6.82. The first-order valence-electron chi connectivity index (χ1n) is 8.04. The molecular formula is C17H19N3O4. The number of nitrogens with zero attached hydrogens (tertiary/aromatic N) is 3. The Kier molecular flexibility index (Phi) is 4.59. The average Bonchev–Trinajstić information content (AvgIpc) is 2.98. The fraction of sp³-hybridized carbons (Fsp3) is 0.412. The zero-order valence-corrected chi connectivity index (χ0v) is 13.5. The molecule has 0 amide bonds. The minimum absolute atomic E-state index is 0.000938. The first kappa shape index (κ1) is 16.2. The number of aryl methyl sites for hydroxylation is 1. The van der Waals surface area contributed by atoms with Crippen molar-refractivity contribution in [1.82, 2.24) is 9.78 Å². The summed E-state index contributed by atoms with van der Waals surface area (Å²) in [6, 6.07) is 6.00. The molecule has 1 aromatic heterocycles. The van der Waals surface area contributed by atoms with E-state index in [2.05, 4.69) is 5.10 Å². The lowest BCUT2D eigenvalue weighted by molar-refractivity contribution is -0.384. The van der Waals surface area contributed by atoms with Crippen molar-refractivity contribution in [2.45, 2.75) is 38.2 Å². The molecule has 0 N–H and O–H groups in total. The molecule has 0 aliphatic heterocycles. The lowest BCUT2D eigenvalue weighted by Crippen LogP contribution is -2.21. The van der Waals surface area contributed by atoms with Crippen LogP contribution in [0.2, 0.25) is 0 Å². The molecule has 7 nitrogen and oxygen atoms in total. The molecule has 1 heterocycles. The Morgan fingerprint density at radius 3 is 2.54 bits per heavy atom. The second-order valence-electron chi connectivity index (χ2n) is 6.03. The van der Waals surface area contributed by atoms with Crippen LogP contribution in [0.25, 0.3) is 11.3 Å². The van der Waals surface area contributed by atoms with Gasteiger partial charge in [-0.3, -0.25) is 14.8 Å². The van der Waals surface area contributed by atoms with Gasteiger partial charge in [0.2, 0.25) is 0 Å². The van der Waals surface area contributed by atoms with Crippen molar-refractivity contribution in [2.75, 3.05) is 0 Å². The van der Waals surface area contributed by atoms with Crippen LogP contribution in [-0.4, -0.2) is 26.8 Å². The van der Waals surface area contributed by atoms with Gasteiger partial charge in [0.25, 0.3) is 5.69 Å². The number of rotatable bonds is 4. The van der Waals surface area contributed by atoms with Crippen molar-refractivity contribution in [3.8, 4) is 11.3 Å². The van der Waals surface area contributed by atoms with Crippen LogP contribution >= 0.6 is 0 Å². The molecule has 7 heteroatoms. The topological polar surface area (TPSA) is 87.3 Å². The van der Waals surface area contributed by atoms with Crippen LogP contribution < -0.4 is 0 Å². The number of ether oxygens (including phenoxy) is 1. The molecule has 1 aromatic carbocycles. The third-order valence-corrected chi connectivity index (χ3v) is 4.23. The summed E-state index contributed by atoms with van der Waals surface area (Å²) < 4.78 is 7.16. The number of hydrogen-bond donors (Lipinski definition) is 0. The standard InChI is InChI=1S/C17H19N3O4/c1-19-11-15(17(21)24-14-5-3-2-4-6-14)16(18-19)12-7-9-13(10-8-12)20(22)23/h7-11,14H,2-6H2,1H3. The number of carbonyl (C=O) groups is 1. The predicted octanol–water partition coefficient (Wildman–Crippen LogP) is 3.48. The molecule has 3 rings (SSSR count). The smallest absolute Gasteiger partial charge is 0.342 e. The van der Waals surface area contributed by atoms with E-state index < -0.39 is 4.92 Å². The van der Waals surface area contributed by atoms with Crippen molar-refractivity contribution >= 4 is 11.7 Å². The lowest BCUT2D eigenvalue weighted by Gasteiger charge is -2.21. The summed E-state index contributed by atoms with van der Waals surface area (Å²) in [7, 11) is 1.73. The van der Waals surface area contributed by atoms with Crippen LogP contribution in [0.15, 0.2) is 30.5 Å². The zero-order valence-electron chi connectivity index (χ0n) is 13.5. The molecule has 0 atom stereocenters. The highest BCUT2D eigenvalue weighted by atomic mass is 16.6. The minimum atomic E-state index is -0.458. The molecule has 1 aliphatic carbocycles. The van der Waals surface area contributed by atoms with Crippen molar-refractivity contribution in [3.05, 3.63) is 46.1 Å². The maximum Gasteiger partial charge on any atom is 0.342 e. The van der Waals surface area contributed by atoms with E-state index in [4.69, 9.17) is 4.74 Å². The summed E-state index contributed by atoms with van der Waals surface area (Å²) in [4.78, 5) is 22.8. The zero-order chi connectivity index (χ0) is 17.1. The van der Waals surface area contributed by atoms with Crippen LogP contribution in [0.5, 0.6) is 0 Å². The number of benzene rings is 1. The minimum Gasteiger partial charge on any atom is -0.459 e. The monoisotopic (exact) mass is 329 g/mol. The Balaban J connectivity index is 1.84. The maximum absolute atomic E-state index is 12.5. The molecule has 24 heavy (non-hydrogen) atoms. The van der Waals surface area contributed by atoms with Crippen molar-refractivity contribution in [1.29, 1.82) is 0 Å². The molecule has 2 aromatic rings. The molecule has 0 unspecified atom stereocenters. The molecule has 1 aliphatic rings. The quantitative estimate of drug-likeness (QED) is 0.487. The molecule has 0 radical (unpaired) electrons. The molecule has 1 fully saturated rings. The number of esters is 1. The van der Waals surface area contributed by atoms with E-state index >= 15 is 0 Å². The summed E-state index contributed by atoms with van der Waals surface area (Å²) >= 11 is 0. The highest BCUT2D eigenvalue weighted by molar-refractivity contribution is 5.96. The first-order valence-corrected chi connectivity index (χ1v) is 8.04. The van der Waals surface area contributed by atoms with Gasteiger partial charge in [-0.15, -0.1) is 0 Å². The van der Waals surface area contributed by atoms with Crippen LogP contribution in [-0.2, 0) is 11.8 Å². The Hall–Kier alpha value is -2.70. The SMILES string of the molecule is Cn1cc(C(=O)OC2CCCCC2)c(-c2ccc([N+](=O)[O-])cc2)n1. The summed E-state index contributed by atoms with van der Waals surface area (Å²) in [5.41, 5.74) is 1.52.